The van der Waals surface area contributed by atoms with Gasteiger partial charge in [0.2, 0.25) is 11.8 Å². The third kappa shape index (κ3) is 5.15. The number of benzene rings is 7. The second kappa shape index (κ2) is 11.9. The van der Waals surface area contributed by atoms with E-state index in [1.165, 1.54) is 49.3 Å². The highest BCUT2D eigenvalue weighted by Crippen LogP contribution is 2.38. The van der Waals surface area contributed by atoms with Crippen molar-refractivity contribution in [3.05, 3.63) is 169 Å². The minimum absolute atomic E-state index is 0.0837. The Morgan fingerprint density at radius 1 is 0.396 bits per heavy atom. The molecule has 7 aromatic carbocycles. The Morgan fingerprint density at radius 3 is 1.32 bits per heavy atom. The predicted molar refractivity (Wildman–Crippen MR) is 218 cm³/mol. The van der Waals surface area contributed by atoms with Gasteiger partial charge in [-0.1, -0.05) is 99.6 Å². The number of hydrogen-bond acceptors (Lipinski definition) is 3. The van der Waals surface area contributed by atoms with Gasteiger partial charge in [0.25, 0.3) is 0 Å². The molecular weight excluding hydrogens is 649 g/mol. The summed E-state index contributed by atoms with van der Waals surface area (Å²) < 4.78 is 10.9. The molecule has 0 fully saturated rings. The van der Waals surface area contributed by atoms with Crippen LogP contribution in [0.15, 0.2) is 168 Å². The van der Waals surface area contributed by atoms with Crippen LogP contribution in [-0.4, -0.2) is 19.3 Å². The Kier molecular flexibility index (Phi) is 6.99. The molecule has 3 aromatic heterocycles. The number of nitrogens with zero attached hydrogens (tertiary/aromatic N) is 4. The highest BCUT2D eigenvalue weighted by Gasteiger charge is 2.18. The summed E-state index contributed by atoms with van der Waals surface area (Å²) in [4.78, 5) is 0. The van der Waals surface area contributed by atoms with Gasteiger partial charge in [0.05, 0.1) is 22.1 Å². The highest BCUT2D eigenvalue weighted by molar-refractivity contribution is 6.12. The van der Waals surface area contributed by atoms with Crippen molar-refractivity contribution in [2.75, 3.05) is 0 Å². The Balaban J connectivity index is 1.02. The monoisotopic (exact) mass is 684 g/mol. The zero-order valence-electron chi connectivity index (χ0n) is 29.8. The molecule has 0 radical (unpaired) electrons. The normalized spacial score (nSPS) is 12.1. The second-order valence-electron chi connectivity index (χ2n) is 14.8. The van der Waals surface area contributed by atoms with Gasteiger partial charge < -0.3 is 13.6 Å². The van der Waals surface area contributed by atoms with Crippen LogP contribution in [0, 0.1) is 0 Å². The van der Waals surface area contributed by atoms with Crippen LogP contribution in [0.2, 0.25) is 0 Å². The van der Waals surface area contributed by atoms with Crippen LogP contribution >= 0.6 is 0 Å². The van der Waals surface area contributed by atoms with Gasteiger partial charge in [-0.05, 0) is 107 Å². The van der Waals surface area contributed by atoms with E-state index in [1.807, 2.05) is 0 Å². The van der Waals surface area contributed by atoms with Crippen LogP contribution in [0.3, 0.4) is 0 Å². The molecule has 5 heteroatoms. The first-order valence-corrected chi connectivity index (χ1v) is 18.1. The molecule has 0 bridgehead atoms. The Bertz CT molecular complexity index is 2960. The fourth-order valence-electron chi connectivity index (χ4n) is 7.76. The van der Waals surface area contributed by atoms with Crippen molar-refractivity contribution in [1.29, 1.82) is 0 Å². The molecule has 0 aliphatic rings. The van der Waals surface area contributed by atoms with Crippen molar-refractivity contribution in [3.8, 4) is 45.4 Å². The first kappa shape index (κ1) is 31.1. The smallest absolute Gasteiger partial charge is 0.248 e. The molecule has 0 atom stereocenters. The van der Waals surface area contributed by atoms with E-state index >= 15 is 0 Å². The van der Waals surface area contributed by atoms with Gasteiger partial charge in [0.1, 0.15) is 0 Å². The van der Waals surface area contributed by atoms with E-state index in [9.17, 15) is 0 Å². The lowest BCUT2D eigenvalue weighted by atomic mass is 9.87. The van der Waals surface area contributed by atoms with Crippen molar-refractivity contribution in [3.63, 3.8) is 0 Å². The zero-order chi connectivity index (χ0) is 35.7. The molecule has 0 saturated heterocycles. The van der Waals surface area contributed by atoms with E-state index in [0.29, 0.717) is 11.8 Å². The third-order valence-corrected chi connectivity index (χ3v) is 10.5. The molecule has 0 amide bonds. The van der Waals surface area contributed by atoms with E-state index < -0.39 is 0 Å². The van der Waals surface area contributed by atoms with Crippen LogP contribution in [0.25, 0.3) is 89.0 Å². The fourth-order valence-corrected chi connectivity index (χ4v) is 7.76. The first-order valence-electron chi connectivity index (χ1n) is 18.1. The van der Waals surface area contributed by atoms with Gasteiger partial charge in [0, 0.05) is 44.0 Å². The highest BCUT2D eigenvalue weighted by atomic mass is 16.4. The Hall–Kier alpha value is -6.72. The summed E-state index contributed by atoms with van der Waals surface area (Å²) >= 11 is 0. The molecule has 0 spiro atoms. The predicted octanol–water partition coefficient (Wildman–Crippen LogP) is 12.6. The summed E-state index contributed by atoms with van der Waals surface area (Å²) in [5.41, 5.74) is 12.5. The van der Waals surface area contributed by atoms with Gasteiger partial charge in [-0.15, -0.1) is 10.2 Å². The first-order chi connectivity index (χ1) is 25.9. The van der Waals surface area contributed by atoms with E-state index in [-0.39, 0.29) is 5.41 Å². The minimum Gasteiger partial charge on any atom is -0.416 e. The second-order valence-corrected chi connectivity index (χ2v) is 14.8. The Labute approximate surface area is 307 Å². The van der Waals surface area contributed by atoms with Crippen LogP contribution in [-0.2, 0) is 5.41 Å². The van der Waals surface area contributed by atoms with Crippen LogP contribution in [0.5, 0.6) is 0 Å². The van der Waals surface area contributed by atoms with E-state index in [0.717, 1.165) is 33.5 Å². The molecule has 10 aromatic rings. The molecule has 254 valence electrons. The van der Waals surface area contributed by atoms with Gasteiger partial charge in [0.15, 0.2) is 0 Å². The SMILES string of the molecule is CC(C)(C)c1ccc(-c2nnc(-c3ccc(-n4c5ccccc5c5cc(-c6ccc7c(c6)c6ccccc6n7-c6ccccc6)ccc54)cc3)o2)cc1. The molecule has 0 aliphatic heterocycles. The molecule has 10 rings (SSSR count). The van der Waals surface area contributed by atoms with Crippen molar-refractivity contribution in [2.45, 2.75) is 26.2 Å². The molecule has 0 saturated carbocycles. The van der Waals surface area contributed by atoms with Gasteiger partial charge in [-0.2, -0.15) is 0 Å². The summed E-state index contributed by atoms with van der Waals surface area (Å²) in [5.74, 6) is 1.02. The lowest BCUT2D eigenvalue weighted by Gasteiger charge is -2.18. The van der Waals surface area contributed by atoms with E-state index in [1.54, 1.807) is 0 Å². The third-order valence-electron chi connectivity index (χ3n) is 10.5. The van der Waals surface area contributed by atoms with Crippen molar-refractivity contribution >= 4 is 43.6 Å². The summed E-state index contributed by atoms with van der Waals surface area (Å²) in [7, 11) is 0. The average Bonchev–Trinajstić information content (AvgIpc) is 3.91. The van der Waals surface area contributed by atoms with Gasteiger partial charge >= 0.3 is 0 Å². The number of hydrogen-bond donors (Lipinski definition) is 0. The van der Waals surface area contributed by atoms with Gasteiger partial charge in [-0.25, -0.2) is 0 Å². The average molecular weight is 685 g/mol. The molecule has 0 N–H and O–H groups in total. The van der Waals surface area contributed by atoms with Gasteiger partial charge in [-0.3, -0.25) is 0 Å². The lowest BCUT2D eigenvalue weighted by molar-refractivity contribution is 0.582. The fraction of sp³-hybridized carbons (Fsp3) is 0.0833. The lowest BCUT2D eigenvalue weighted by Crippen LogP contribution is -2.10. The van der Waals surface area contributed by atoms with Crippen LogP contribution < -0.4 is 0 Å². The molecule has 53 heavy (non-hydrogen) atoms. The van der Waals surface area contributed by atoms with Crippen molar-refractivity contribution < 1.29 is 4.42 Å². The number of rotatable bonds is 5. The molecular formula is C48H36N4O. The molecule has 0 unspecified atom stereocenters. The van der Waals surface area contributed by atoms with Crippen molar-refractivity contribution in [1.82, 2.24) is 19.3 Å². The maximum atomic E-state index is 6.15. The summed E-state index contributed by atoms with van der Waals surface area (Å²) in [6.45, 7) is 6.63. The quantitative estimate of drug-likeness (QED) is 0.181. The minimum atomic E-state index is 0.0837. The number of aromatic nitrogens is 4. The molecule has 5 nitrogen and oxygen atoms in total. The largest absolute Gasteiger partial charge is 0.416 e. The molecule has 0 aliphatic carbocycles. The maximum absolute atomic E-state index is 6.15. The summed E-state index contributed by atoms with van der Waals surface area (Å²) in [5, 5.41) is 13.7. The van der Waals surface area contributed by atoms with Crippen LogP contribution in [0.4, 0.5) is 0 Å². The molecule has 3 heterocycles. The Morgan fingerprint density at radius 2 is 0.811 bits per heavy atom. The van der Waals surface area contributed by atoms with Crippen molar-refractivity contribution in [2.24, 2.45) is 0 Å². The summed E-state index contributed by atoms with van der Waals surface area (Å²) in [6.07, 6.45) is 0. The van der Waals surface area contributed by atoms with E-state index in [4.69, 9.17) is 4.42 Å². The number of para-hydroxylation sites is 3. The number of fused-ring (bicyclic) bond motifs is 6. The van der Waals surface area contributed by atoms with Crippen LogP contribution in [0.1, 0.15) is 26.3 Å². The maximum Gasteiger partial charge on any atom is 0.248 e. The topological polar surface area (TPSA) is 48.8 Å². The standard InChI is InChI=1S/C48H36N4O/c1-48(2,3)35-23-17-31(18-24-35)46-49-50-47(53-46)32-19-25-37(26-20-32)52-43-16-10-8-14-39(43)41-30-34(22-28-45(41)52)33-21-27-44-40(29-33)38-13-7-9-15-42(38)51(44)36-11-5-4-6-12-36/h4-30H,1-3H3. The summed E-state index contributed by atoms with van der Waals surface area (Å²) in [6, 6.07) is 58.4. The van der Waals surface area contributed by atoms with E-state index in [2.05, 4.69) is 204 Å². The zero-order valence-corrected chi connectivity index (χ0v) is 29.8.